The molecule has 0 aromatic heterocycles. The number of morpholine rings is 1. The molecule has 1 aromatic carbocycles. The van der Waals surface area contributed by atoms with E-state index in [9.17, 15) is 9.59 Å². The average Bonchev–Trinajstić information content (AvgIpc) is 2.94. The third-order valence-electron chi connectivity index (χ3n) is 3.38. The molecule has 1 saturated heterocycles. The van der Waals surface area contributed by atoms with Gasteiger partial charge in [-0.15, -0.1) is 0 Å². The molecular weight excluding hydrogens is 332 g/mol. The number of amides is 2. The number of carbonyl (C=O) groups excluding carboxylic acids is 2. The Morgan fingerprint density at radius 2 is 2.04 bits per heavy atom. The van der Waals surface area contributed by atoms with Crippen LogP contribution in [0.2, 0.25) is 0 Å². The monoisotopic (exact) mass is 348 g/mol. The lowest BCUT2D eigenvalue weighted by atomic mass is 10.2. The molecular formula is C16H16N2O3S2. The minimum Gasteiger partial charge on any atom is -0.378 e. The summed E-state index contributed by atoms with van der Waals surface area (Å²) in [6.45, 7) is 2.46. The van der Waals surface area contributed by atoms with Crippen molar-refractivity contribution < 1.29 is 14.3 Å². The van der Waals surface area contributed by atoms with E-state index in [2.05, 4.69) is 4.99 Å². The van der Waals surface area contributed by atoms with Gasteiger partial charge in [-0.25, -0.2) is 0 Å². The van der Waals surface area contributed by atoms with Crippen LogP contribution in [0.5, 0.6) is 0 Å². The van der Waals surface area contributed by atoms with Gasteiger partial charge in [-0.3, -0.25) is 9.59 Å². The smallest absolute Gasteiger partial charge is 0.285 e. The molecule has 0 radical (unpaired) electrons. The van der Waals surface area contributed by atoms with Gasteiger partial charge < -0.3 is 9.64 Å². The summed E-state index contributed by atoms with van der Waals surface area (Å²) in [5.41, 5.74) is 0.967. The molecule has 1 fully saturated rings. The van der Waals surface area contributed by atoms with Crippen LogP contribution in [0.1, 0.15) is 5.56 Å². The lowest BCUT2D eigenvalue weighted by molar-refractivity contribution is -0.132. The second kappa shape index (κ2) is 7.81. The number of carbonyl (C=O) groups is 2. The molecule has 2 heterocycles. The van der Waals surface area contributed by atoms with E-state index in [-0.39, 0.29) is 11.8 Å². The van der Waals surface area contributed by atoms with Crippen LogP contribution < -0.4 is 0 Å². The maximum atomic E-state index is 12.1. The molecule has 3 rings (SSSR count). The quantitative estimate of drug-likeness (QED) is 0.784. The number of benzene rings is 1. The number of ether oxygens (including phenoxy) is 1. The first kappa shape index (κ1) is 16.3. The van der Waals surface area contributed by atoms with Crippen LogP contribution in [0.4, 0.5) is 0 Å². The number of hydrogen-bond acceptors (Lipinski definition) is 5. The first-order valence-corrected chi connectivity index (χ1v) is 9.08. The van der Waals surface area contributed by atoms with Crippen molar-refractivity contribution in [2.45, 2.75) is 0 Å². The van der Waals surface area contributed by atoms with Gasteiger partial charge in [-0.2, -0.15) is 4.99 Å². The van der Waals surface area contributed by atoms with Gasteiger partial charge in [-0.05, 0) is 11.6 Å². The predicted molar refractivity (Wildman–Crippen MR) is 94.3 cm³/mol. The van der Waals surface area contributed by atoms with Crippen LogP contribution >= 0.6 is 23.5 Å². The zero-order chi connectivity index (χ0) is 16.1. The van der Waals surface area contributed by atoms with E-state index in [1.165, 1.54) is 23.5 Å². The largest absolute Gasteiger partial charge is 0.378 e. The average molecular weight is 348 g/mol. The van der Waals surface area contributed by atoms with Crippen molar-refractivity contribution in [3.63, 3.8) is 0 Å². The van der Waals surface area contributed by atoms with Crippen LogP contribution in [0.25, 0.3) is 6.08 Å². The van der Waals surface area contributed by atoms with E-state index in [1.807, 2.05) is 36.4 Å². The van der Waals surface area contributed by atoms with Gasteiger partial charge in [0.1, 0.15) is 4.38 Å². The summed E-state index contributed by atoms with van der Waals surface area (Å²) in [6, 6.07) is 9.66. The Bertz CT molecular complexity index is 653. The number of aliphatic imine (C=N–C) groups is 1. The number of rotatable bonds is 3. The topological polar surface area (TPSA) is 59.0 Å². The fraction of sp³-hybridized carbons (Fsp3) is 0.312. The zero-order valence-corrected chi connectivity index (χ0v) is 14.1. The van der Waals surface area contributed by atoms with Gasteiger partial charge in [-0.1, -0.05) is 53.9 Å². The Balaban J connectivity index is 1.54. The van der Waals surface area contributed by atoms with Crippen molar-refractivity contribution in [2.75, 3.05) is 32.1 Å². The molecule has 0 N–H and O–H groups in total. The van der Waals surface area contributed by atoms with Crippen molar-refractivity contribution in [3.05, 3.63) is 40.8 Å². The second-order valence-electron chi connectivity index (χ2n) is 4.99. The second-order valence-corrected chi connectivity index (χ2v) is 7.24. The van der Waals surface area contributed by atoms with Crippen molar-refractivity contribution >= 4 is 45.8 Å². The zero-order valence-electron chi connectivity index (χ0n) is 12.4. The van der Waals surface area contributed by atoms with Gasteiger partial charge in [0.05, 0.1) is 23.9 Å². The molecule has 120 valence electrons. The molecule has 0 unspecified atom stereocenters. The summed E-state index contributed by atoms with van der Waals surface area (Å²) in [5, 5.41) is 0. The SMILES string of the molecule is O=C1N=C(SCC(=O)N2CCOCC2)S/C1=C\c1ccccc1. The molecule has 2 aliphatic rings. The first-order valence-electron chi connectivity index (χ1n) is 7.28. The standard InChI is InChI=1S/C16H16N2O3S2/c19-14(18-6-8-21-9-7-18)11-22-16-17-15(20)13(23-16)10-12-4-2-1-3-5-12/h1-5,10H,6-9,11H2/b13-10-. The fourth-order valence-corrected chi connectivity index (χ4v) is 4.08. The molecule has 0 atom stereocenters. The summed E-state index contributed by atoms with van der Waals surface area (Å²) in [4.78, 5) is 30.4. The minimum atomic E-state index is -0.236. The van der Waals surface area contributed by atoms with E-state index >= 15 is 0 Å². The van der Waals surface area contributed by atoms with Crippen molar-refractivity contribution in [2.24, 2.45) is 4.99 Å². The van der Waals surface area contributed by atoms with Crippen LogP contribution in [0, 0.1) is 0 Å². The van der Waals surface area contributed by atoms with Crippen molar-refractivity contribution in [3.8, 4) is 0 Å². The molecule has 0 spiro atoms. The Morgan fingerprint density at radius 3 is 2.78 bits per heavy atom. The molecule has 2 aliphatic heterocycles. The van der Waals surface area contributed by atoms with Crippen LogP contribution in [-0.2, 0) is 14.3 Å². The summed E-state index contributed by atoms with van der Waals surface area (Å²) in [5.74, 6) is 0.132. The molecule has 7 heteroatoms. The van der Waals surface area contributed by atoms with Crippen molar-refractivity contribution in [1.29, 1.82) is 0 Å². The molecule has 2 amide bonds. The normalized spacial score (nSPS) is 20.0. The molecule has 0 saturated carbocycles. The van der Waals surface area contributed by atoms with Crippen LogP contribution in [0.15, 0.2) is 40.2 Å². The highest BCUT2D eigenvalue weighted by atomic mass is 32.2. The molecule has 5 nitrogen and oxygen atoms in total. The third-order valence-corrected chi connectivity index (χ3v) is 5.49. The van der Waals surface area contributed by atoms with Gasteiger partial charge in [0.2, 0.25) is 5.91 Å². The lowest BCUT2D eigenvalue weighted by Crippen LogP contribution is -2.41. The predicted octanol–water partition coefficient (Wildman–Crippen LogP) is 2.25. The maximum Gasteiger partial charge on any atom is 0.285 e. The number of thioether (sulfide) groups is 2. The summed E-state index contributed by atoms with van der Waals surface area (Å²) < 4.78 is 5.87. The third kappa shape index (κ3) is 4.46. The molecule has 1 aromatic rings. The number of nitrogens with zero attached hydrogens (tertiary/aromatic N) is 2. The molecule has 0 bridgehead atoms. The van der Waals surface area contributed by atoms with Crippen molar-refractivity contribution in [1.82, 2.24) is 4.90 Å². The lowest BCUT2D eigenvalue weighted by Gasteiger charge is -2.26. The van der Waals surface area contributed by atoms with E-state index in [0.29, 0.717) is 41.3 Å². The van der Waals surface area contributed by atoms with Crippen LogP contribution in [-0.4, -0.2) is 53.1 Å². The van der Waals surface area contributed by atoms with E-state index in [4.69, 9.17) is 4.74 Å². The Hall–Kier alpha value is -1.57. The summed E-state index contributed by atoms with van der Waals surface area (Å²) in [7, 11) is 0. The number of hydrogen-bond donors (Lipinski definition) is 0. The van der Waals surface area contributed by atoms with Gasteiger partial charge in [0.15, 0.2) is 0 Å². The van der Waals surface area contributed by atoms with Gasteiger partial charge in [0, 0.05) is 13.1 Å². The maximum absolute atomic E-state index is 12.1. The highest BCUT2D eigenvalue weighted by Gasteiger charge is 2.24. The fourth-order valence-electron chi connectivity index (χ4n) is 2.18. The van der Waals surface area contributed by atoms with E-state index in [0.717, 1.165) is 5.56 Å². The molecule has 0 aliphatic carbocycles. The van der Waals surface area contributed by atoms with E-state index < -0.39 is 0 Å². The van der Waals surface area contributed by atoms with Crippen LogP contribution in [0.3, 0.4) is 0 Å². The molecule has 23 heavy (non-hydrogen) atoms. The highest BCUT2D eigenvalue weighted by Crippen LogP contribution is 2.33. The van der Waals surface area contributed by atoms with E-state index in [1.54, 1.807) is 4.90 Å². The van der Waals surface area contributed by atoms with Gasteiger partial charge >= 0.3 is 0 Å². The van der Waals surface area contributed by atoms with Gasteiger partial charge in [0.25, 0.3) is 5.91 Å². The first-order chi connectivity index (χ1) is 11.2. The summed E-state index contributed by atoms with van der Waals surface area (Å²) in [6.07, 6.45) is 1.83. The Morgan fingerprint density at radius 1 is 1.30 bits per heavy atom. The Kier molecular flexibility index (Phi) is 5.53. The summed E-state index contributed by atoms with van der Waals surface area (Å²) >= 11 is 2.65. The highest BCUT2D eigenvalue weighted by molar-refractivity contribution is 8.41. The Labute approximate surface area is 143 Å². The minimum absolute atomic E-state index is 0.0644.